The number of carbonyl (C=O) groups excluding carboxylic acids is 1. The lowest BCUT2D eigenvalue weighted by Gasteiger charge is -2.34. The van der Waals surface area contributed by atoms with Gasteiger partial charge >= 0.3 is 5.97 Å². The Kier molecular flexibility index (Phi) is 5.39. The minimum absolute atomic E-state index is 0.320. The molecule has 1 aliphatic heterocycles. The van der Waals surface area contributed by atoms with Gasteiger partial charge < -0.3 is 4.74 Å². The Hall–Kier alpha value is -3.41. The van der Waals surface area contributed by atoms with Gasteiger partial charge in [0, 0.05) is 48.7 Å². The summed E-state index contributed by atoms with van der Waals surface area (Å²) >= 11 is 0. The zero-order chi connectivity index (χ0) is 22.2. The maximum Gasteiger partial charge on any atom is 0.403 e. The van der Waals surface area contributed by atoms with Crippen LogP contribution in [0, 0.1) is 11.6 Å². The van der Waals surface area contributed by atoms with Gasteiger partial charge in [-0.2, -0.15) is 9.13 Å². The minimum atomic E-state index is -0.640. The third kappa shape index (κ3) is 3.23. The predicted molar refractivity (Wildman–Crippen MR) is 113 cm³/mol. The Balaban J connectivity index is 2.11. The van der Waals surface area contributed by atoms with Gasteiger partial charge in [0.15, 0.2) is 24.1 Å². The van der Waals surface area contributed by atoms with E-state index in [4.69, 9.17) is 4.74 Å². The number of pyridine rings is 2. The summed E-state index contributed by atoms with van der Waals surface area (Å²) in [5.41, 5.74) is 2.03. The lowest BCUT2D eigenvalue weighted by Crippen LogP contribution is -2.60. The number of fused-ring (bicyclic) bond motifs is 3. The van der Waals surface area contributed by atoms with Crippen molar-refractivity contribution in [3.8, 4) is 11.3 Å². The molecule has 0 N–H and O–H groups in total. The lowest BCUT2D eigenvalue weighted by atomic mass is 9.75. The maximum atomic E-state index is 15.1. The first-order valence-corrected chi connectivity index (χ1v) is 10.3. The fourth-order valence-corrected chi connectivity index (χ4v) is 4.59. The Labute approximate surface area is 180 Å². The van der Waals surface area contributed by atoms with Crippen molar-refractivity contribution in [1.29, 1.82) is 0 Å². The number of ether oxygens (including phenoxy) is 1. The highest BCUT2D eigenvalue weighted by Gasteiger charge is 2.50. The number of nitrogens with zero attached hydrogens (tertiary/aromatic N) is 2. The number of hydrogen-bond acceptors (Lipinski definition) is 2. The van der Waals surface area contributed by atoms with Gasteiger partial charge in [0.05, 0.1) is 18.2 Å². The number of allylic oxidation sites excluding steroid dienone is 1. The molecule has 1 aliphatic rings. The highest BCUT2D eigenvalue weighted by Crippen LogP contribution is 2.45. The van der Waals surface area contributed by atoms with E-state index in [0.717, 1.165) is 11.6 Å². The second kappa shape index (κ2) is 8.02. The zero-order valence-corrected chi connectivity index (χ0v) is 17.7. The van der Waals surface area contributed by atoms with E-state index < -0.39 is 23.1 Å². The van der Waals surface area contributed by atoms with Crippen LogP contribution >= 0.6 is 0 Å². The molecule has 31 heavy (non-hydrogen) atoms. The normalized spacial score (nSPS) is 15.3. The van der Waals surface area contributed by atoms with Crippen LogP contribution in [0.15, 0.2) is 60.9 Å². The van der Waals surface area contributed by atoms with Crippen molar-refractivity contribution >= 4 is 17.7 Å². The van der Waals surface area contributed by atoms with Crippen LogP contribution in [0.5, 0.6) is 0 Å². The third-order valence-corrected chi connectivity index (χ3v) is 6.15. The molecule has 158 valence electrons. The molecule has 4 rings (SSSR count). The van der Waals surface area contributed by atoms with E-state index in [0.29, 0.717) is 35.4 Å². The van der Waals surface area contributed by atoms with Crippen molar-refractivity contribution in [2.24, 2.45) is 0 Å². The van der Waals surface area contributed by atoms with E-state index >= 15 is 4.39 Å². The third-order valence-electron chi connectivity index (χ3n) is 6.15. The van der Waals surface area contributed by atoms with E-state index in [1.54, 1.807) is 35.2 Å². The van der Waals surface area contributed by atoms with E-state index in [2.05, 4.69) is 18.4 Å². The molecule has 3 heterocycles. The second-order valence-corrected chi connectivity index (χ2v) is 7.53. The molecular formula is C25H24F2N2O2+2. The van der Waals surface area contributed by atoms with Crippen LogP contribution < -0.4 is 9.13 Å². The molecule has 0 atom stereocenters. The fraction of sp³-hybridized carbons (Fsp3) is 0.240. The molecule has 4 nitrogen and oxygen atoms in total. The van der Waals surface area contributed by atoms with Crippen LogP contribution in [-0.4, -0.2) is 13.1 Å². The summed E-state index contributed by atoms with van der Waals surface area (Å²) in [5, 5.41) is 0. The van der Waals surface area contributed by atoms with Gasteiger partial charge in [0.25, 0.3) is 5.69 Å². The SMILES string of the molecule is CCC1(CC)C(=C[n+]2ccccc2C(=O)OC)c2cc(F)cc(F)c2-c2cccc[n+]21. The average molecular weight is 422 g/mol. The Morgan fingerprint density at radius 2 is 1.77 bits per heavy atom. The summed E-state index contributed by atoms with van der Waals surface area (Å²) in [6.45, 7) is 4.11. The summed E-state index contributed by atoms with van der Waals surface area (Å²) < 4.78 is 38.1. The molecule has 0 fully saturated rings. The smallest absolute Gasteiger partial charge is 0.403 e. The summed E-state index contributed by atoms with van der Waals surface area (Å²) in [6, 6.07) is 13.1. The number of methoxy groups -OCH3 is 1. The van der Waals surface area contributed by atoms with Crippen LogP contribution in [0.4, 0.5) is 8.78 Å². The number of hydrogen-bond donors (Lipinski definition) is 0. The van der Waals surface area contributed by atoms with Gasteiger partial charge in [-0.3, -0.25) is 0 Å². The first-order valence-electron chi connectivity index (χ1n) is 10.3. The molecule has 0 amide bonds. The highest BCUT2D eigenvalue weighted by atomic mass is 19.1. The summed E-state index contributed by atoms with van der Waals surface area (Å²) in [5.74, 6) is -1.75. The van der Waals surface area contributed by atoms with Crippen molar-refractivity contribution in [3.05, 3.63) is 83.8 Å². The average Bonchev–Trinajstić information content (AvgIpc) is 2.79. The standard InChI is InChI=1S/C25H24F2N2O2/c1-4-25(5-2)19(16-28-12-8-6-11-22(28)24(30)31-3)18-14-17(26)15-20(27)23(18)21-10-7-9-13-29(21)25/h6-16H,4-5H2,1-3H3/q+2. The van der Waals surface area contributed by atoms with Crippen LogP contribution in [0.2, 0.25) is 0 Å². The number of esters is 1. The second-order valence-electron chi connectivity index (χ2n) is 7.53. The fourth-order valence-electron chi connectivity index (χ4n) is 4.59. The quantitative estimate of drug-likeness (QED) is 0.458. The van der Waals surface area contributed by atoms with Crippen LogP contribution in [0.25, 0.3) is 23.0 Å². The zero-order valence-electron chi connectivity index (χ0n) is 17.7. The Morgan fingerprint density at radius 1 is 1.06 bits per heavy atom. The van der Waals surface area contributed by atoms with Crippen molar-refractivity contribution in [3.63, 3.8) is 0 Å². The van der Waals surface area contributed by atoms with Gasteiger partial charge in [-0.05, 0) is 18.2 Å². The lowest BCUT2D eigenvalue weighted by molar-refractivity contribution is -0.742. The Morgan fingerprint density at radius 3 is 2.48 bits per heavy atom. The molecule has 0 aliphatic carbocycles. The number of benzene rings is 1. The molecule has 3 aromatic rings. The molecule has 1 aromatic carbocycles. The van der Waals surface area contributed by atoms with Gasteiger partial charge in [0.1, 0.15) is 11.6 Å². The maximum absolute atomic E-state index is 15.1. The van der Waals surface area contributed by atoms with Crippen molar-refractivity contribution in [2.45, 2.75) is 32.2 Å². The summed E-state index contributed by atoms with van der Waals surface area (Å²) in [7, 11) is 1.32. The molecule has 0 unspecified atom stereocenters. The number of rotatable bonds is 4. The number of halogens is 2. The van der Waals surface area contributed by atoms with E-state index in [1.807, 2.05) is 24.4 Å². The van der Waals surface area contributed by atoms with Gasteiger partial charge in [-0.15, -0.1) is 0 Å². The van der Waals surface area contributed by atoms with Gasteiger partial charge in [-0.25, -0.2) is 13.6 Å². The van der Waals surface area contributed by atoms with Crippen LogP contribution in [0.1, 0.15) is 42.7 Å². The van der Waals surface area contributed by atoms with Gasteiger partial charge in [0.2, 0.25) is 5.69 Å². The molecule has 0 saturated carbocycles. The molecule has 0 saturated heterocycles. The molecule has 6 heteroatoms. The summed E-state index contributed by atoms with van der Waals surface area (Å²) in [4.78, 5) is 12.3. The van der Waals surface area contributed by atoms with Crippen molar-refractivity contribution < 1.29 is 27.4 Å². The van der Waals surface area contributed by atoms with Crippen molar-refractivity contribution in [2.75, 3.05) is 7.11 Å². The van der Waals surface area contributed by atoms with Gasteiger partial charge in [-0.1, -0.05) is 13.8 Å². The Bertz CT molecular complexity index is 1200. The summed E-state index contributed by atoms with van der Waals surface area (Å²) in [6.07, 6.45) is 6.83. The minimum Gasteiger partial charge on any atom is -0.461 e. The molecule has 0 spiro atoms. The topological polar surface area (TPSA) is 34.1 Å². The molecular weight excluding hydrogens is 398 g/mol. The molecule has 0 radical (unpaired) electrons. The van der Waals surface area contributed by atoms with Crippen LogP contribution in [0.3, 0.4) is 0 Å². The highest BCUT2D eigenvalue weighted by molar-refractivity contribution is 5.89. The monoisotopic (exact) mass is 422 g/mol. The number of carbonyl (C=O) groups is 1. The van der Waals surface area contributed by atoms with Crippen molar-refractivity contribution in [1.82, 2.24) is 0 Å². The first kappa shape index (κ1) is 20.8. The molecule has 0 bridgehead atoms. The first-order chi connectivity index (χ1) is 15.0. The van der Waals surface area contributed by atoms with E-state index in [9.17, 15) is 9.18 Å². The van der Waals surface area contributed by atoms with E-state index in [1.165, 1.54) is 13.2 Å². The predicted octanol–water partition coefficient (Wildman–Crippen LogP) is 4.52. The number of aromatic nitrogens is 2. The van der Waals surface area contributed by atoms with E-state index in [-0.39, 0.29) is 0 Å². The largest absolute Gasteiger partial charge is 0.461 e. The van der Waals surface area contributed by atoms with Crippen LogP contribution in [-0.2, 0) is 10.3 Å². The molecule has 2 aromatic heterocycles.